The fourth-order valence-corrected chi connectivity index (χ4v) is 2.91. The number of rotatable bonds is 3. The van der Waals surface area contributed by atoms with E-state index < -0.39 is 0 Å². The van der Waals surface area contributed by atoms with Gasteiger partial charge in [0.2, 0.25) is 5.91 Å². The molecular formula is C15H22N4O. The molecule has 5 nitrogen and oxygen atoms in total. The predicted molar refractivity (Wildman–Crippen MR) is 79.9 cm³/mol. The number of hydrogen-bond donors (Lipinski definition) is 2. The number of hydrogen-bond acceptors (Lipinski definition) is 4. The van der Waals surface area contributed by atoms with Crippen LogP contribution in [0.5, 0.6) is 0 Å². The summed E-state index contributed by atoms with van der Waals surface area (Å²) in [5, 5.41) is 6.11. The summed E-state index contributed by atoms with van der Waals surface area (Å²) in [6, 6.07) is 3.96. The van der Waals surface area contributed by atoms with Crippen LogP contribution in [0.1, 0.15) is 25.7 Å². The highest BCUT2D eigenvalue weighted by Gasteiger charge is 2.22. The third kappa shape index (κ3) is 3.10. The van der Waals surface area contributed by atoms with Gasteiger partial charge in [0.1, 0.15) is 5.82 Å². The van der Waals surface area contributed by atoms with Crippen LogP contribution in [0, 0.1) is 5.92 Å². The van der Waals surface area contributed by atoms with E-state index in [2.05, 4.69) is 26.6 Å². The Balaban J connectivity index is 1.59. The number of pyridine rings is 1. The van der Waals surface area contributed by atoms with Gasteiger partial charge in [0.05, 0.1) is 17.8 Å². The van der Waals surface area contributed by atoms with Gasteiger partial charge in [-0.1, -0.05) is 0 Å². The van der Waals surface area contributed by atoms with E-state index in [1.165, 1.54) is 19.3 Å². The number of piperidine rings is 1. The summed E-state index contributed by atoms with van der Waals surface area (Å²) in [6.07, 6.45) is 6.62. The molecule has 2 fully saturated rings. The average Bonchev–Trinajstić information content (AvgIpc) is 3.03. The normalized spacial score (nSPS) is 22.8. The van der Waals surface area contributed by atoms with Crippen LogP contribution in [0.15, 0.2) is 18.3 Å². The fraction of sp³-hybridized carbons (Fsp3) is 0.600. The molecule has 108 valence electrons. The van der Waals surface area contributed by atoms with Gasteiger partial charge in [-0.3, -0.25) is 4.79 Å². The Morgan fingerprint density at radius 1 is 1.30 bits per heavy atom. The minimum atomic E-state index is 0.0771. The van der Waals surface area contributed by atoms with Gasteiger partial charge in [0, 0.05) is 19.6 Å². The van der Waals surface area contributed by atoms with Gasteiger partial charge in [-0.2, -0.15) is 0 Å². The van der Waals surface area contributed by atoms with Crippen LogP contribution in [0.2, 0.25) is 0 Å². The van der Waals surface area contributed by atoms with Gasteiger partial charge >= 0.3 is 0 Å². The molecule has 0 saturated carbocycles. The van der Waals surface area contributed by atoms with Crippen LogP contribution in [-0.4, -0.2) is 37.1 Å². The zero-order valence-electron chi connectivity index (χ0n) is 11.8. The summed E-state index contributed by atoms with van der Waals surface area (Å²) in [6.45, 7) is 3.93. The van der Waals surface area contributed by atoms with Gasteiger partial charge in [0.15, 0.2) is 0 Å². The third-order valence-electron chi connectivity index (χ3n) is 4.15. The second kappa shape index (κ2) is 6.22. The van der Waals surface area contributed by atoms with E-state index in [1.807, 2.05) is 12.3 Å². The molecule has 5 heteroatoms. The zero-order chi connectivity index (χ0) is 13.8. The standard InChI is InChI=1S/C15H22N4O/c20-15(12-6-7-16-10-12)18-14-5-4-13(11-17-14)19-8-2-1-3-9-19/h4-5,11-12,16H,1-3,6-10H2,(H,17,18,20). The molecule has 2 N–H and O–H groups in total. The highest BCUT2D eigenvalue weighted by Crippen LogP contribution is 2.20. The van der Waals surface area contributed by atoms with Crippen LogP contribution in [0.4, 0.5) is 11.5 Å². The van der Waals surface area contributed by atoms with Crippen LogP contribution >= 0.6 is 0 Å². The van der Waals surface area contributed by atoms with E-state index in [1.54, 1.807) is 0 Å². The molecule has 1 amide bonds. The first-order valence-electron chi connectivity index (χ1n) is 7.55. The number of nitrogens with zero attached hydrogens (tertiary/aromatic N) is 2. The Hall–Kier alpha value is -1.62. The molecule has 0 spiro atoms. The summed E-state index contributed by atoms with van der Waals surface area (Å²) in [4.78, 5) is 18.7. The smallest absolute Gasteiger partial charge is 0.229 e. The molecule has 3 heterocycles. The highest BCUT2D eigenvalue weighted by atomic mass is 16.2. The molecule has 2 saturated heterocycles. The van der Waals surface area contributed by atoms with Gasteiger partial charge < -0.3 is 15.5 Å². The molecule has 20 heavy (non-hydrogen) atoms. The Morgan fingerprint density at radius 2 is 2.15 bits per heavy atom. The second-order valence-electron chi connectivity index (χ2n) is 5.63. The largest absolute Gasteiger partial charge is 0.370 e. The lowest BCUT2D eigenvalue weighted by Crippen LogP contribution is -2.29. The zero-order valence-corrected chi connectivity index (χ0v) is 11.8. The summed E-state index contributed by atoms with van der Waals surface area (Å²) in [5.74, 6) is 0.814. The van der Waals surface area contributed by atoms with Crippen molar-refractivity contribution in [2.75, 3.05) is 36.4 Å². The van der Waals surface area contributed by atoms with Crippen molar-refractivity contribution >= 4 is 17.4 Å². The van der Waals surface area contributed by atoms with Crippen molar-refractivity contribution in [3.63, 3.8) is 0 Å². The minimum Gasteiger partial charge on any atom is -0.370 e. The minimum absolute atomic E-state index is 0.0771. The van der Waals surface area contributed by atoms with Crippen molar-refractivity contribution in [1.29, 1.82) is 0 Å². The summed E-state index contributed by atoms with van der Waals surface area (Å²) in [7, 11) is 0. The lowest BCUT2D eigenvalue weighted by molar-refractivity contribution is -0.119. The molecule has 2 aliphatic rings. The first kappa shape index (κ1) is 13.4. The van der Waals surface area contributed by atoms with Crippen LogP contribution in [0.25, 0.3) is 0 Å². The Kier molecular flexibility index (Phi) is 4.16. The van der Waals surface area contributed by atoms with Gasteiger partial charge in [-0.25, -0.2) is 4.98 Å². The summed E-state index contributed by atoms with van der Waals surface area (Å²) in [5.41, 5.74) is 1.16. The van der Waals surface area contributed by atoms with E-state index in [0.717, 1.165) is 38.3 Å². The monoisotopic (exact) mass is 274 g/mol. The third-order valence-corrected chi connectivity index (χ3v) is 4.15. The highest BCUT2D eigenvalue weighted by molar-refractivity contribution is 5.92. The van der Waals surface area contributed by atoms with E-state index in [4.69, 9.17) is 0 Å². The van der Waals surface area contributed by atoms with E-state index in [-0.39, 0.29) is 11.8 Å². The molecule has 1 unspecified atom stereocenters. The lowest BCUT2D eigenvalue weighted by atomic mass is 10.1. The lowest BCUT2D eigenvalue weighted by Gasteiger charge is -2.28. The Morgan fingerprint density at radius 3 is 2.80 bits per heavy atom. The maximum Gasteiger partial charge on any atom is 0.229 e. The predicted octanol–water partition coefficient (Wildman–Crippen LogP) is 1.62. The van der Waals surface area contributed by atoms with Crippen molar-refractivity contribution < 1.29 is 4.79 Å². The maximum atomic E-state index is 12.0. The van der Waals surface area contributed by atoms with Crippen molar-refractivity contribution in [1.82, 2.24) is 10.3 Å². The first-order valence-corrected chi connectivity index (χ1v) is 7.55. The van der Waals surface area contributed by atoms with Crippen molar-refractivity contribution in [2.45, 2.75) is 25.7 Å². The van der Waals surface area contributed by atoms with E-state index in [0.29, 0.717) is 5.82 Å². The first-order chi connectivity index (χ1) is 9.83. The molecular weight excluding hydrogens is 252 g/mol. The molecule has 3 rings (SSSR count). The van der Waals surface area contributed by atoms with Crippen LogP contribution in [0.3, 0.4) is 0 Å². The van der Waals surface area contributed by atoms with Gasteiger partial charge in [-0.05, 0) is 44.4 Å². The molecule has 1 atom stereocenters. The molecule has 0 aromatic carbocycles. The molecule has 0 bridgehead atoms. The number of anilines is 2. The fourth-order valence-electron chi connectivity index (χ4n) is 2.91. The van der Waals surface area contributed by atoms with Crippen LogP contribution < -0.4 is 15.5 Å². The van der Waals surface area contributed by atoms with Crippen LogP contribution in [-0.2, 0) is 4.79 Å². The number of carbonyl (C=O) groups excluding carboxylic acids is 1. The van der Waals surface area contributed by atoms with Crippen molar-refractivity contribution in [3.8, 4) is 0 Å². The Labute approximate surface area is 119 Å². The number of amides is 1. The van der Waals surface area contributed by atoms with Gasteiger partial charge in [0.25, 0.3) is 0 Å². The SMILES string of the molecule is O=C(Nc1ccc(N2CCCCC2)cn1)C1CCNC1. The average molecular weight is 274 g/mol. The molecule has 0 aliphatic carbocycles. The van der Waals surface area contributed by atoms with Gasteiger partial charge in [-0.15, -0.1) is 0 Å². The maximum absolute atomic E-state index is 12.0. The number of nitrogens with one attached hydrogen (secondary N) is 2. The van der Waals surface area contributed by atoms with E-state index >= 15 is 0 Å². The van der Waals surface area contributed by atoms with E-state index in [9.17, 15) is 4.79 Å². The van der Waals surface area contributed by atoms with Crippen molar-refractivity contribution in [2.24, 2.45) is 5.92 Å². The molecule has 2 aliphatic heterocycles. The second-order valence-corrected chi connectivity index (χ2v) is 5.63. The summed E-state index contributed by atoms with van der Waals surface area (Å²) < 4.78 is 0. The topological polar surface area (TPSA) is 57.3 Å². The van der Waals surface area contributed by atoms with Crippen molar-refractivity contribution in [3.05, 3.63) is 18.3 Å². The summed E-state index contributed by atoms with van der Waals surface area (Å²) >= 11 is 0. The molecule has 0 radical (unpaired) electrons. The molecule has 1 aromatic rings. The number of aromatic nitrogens is 1. The quantitative estimate of drug-likeness (QED) is 0.879. The number of carbonyl (C=O) groups is 1. The molecule has 1 aromatic heterocycles. The Bertz CT molecular complexity index is 447.